The van der Waals surface area contributed by atoms with Gasteiger partial charge in [-0.1, -0.05) is 48.5 Å². The van der Waals surface area contributed by atoms with Crippen LogP contribution in [0.4, 0.5) is 0 Å². The highest BCUT2D eigenvalue weighted by molar-refractivity contribution is 14.0. The van der Waals surface area contributed by atoms with Crippen molar-refractivity contribution >= 4 is 29.9 Å². The molecule has 0 amide bonds. The zero-order valence-electron chi connectivity index (χ0n) is 12.8. The van der Waals surface area contributed by atoms with Crippen LogP contribution in [0, 0.1) is 0 Å². The van der Waals surface area contributed by atoms with Crippen LogP contribution in [-0.2, 0) is 6.54 Å². The number of benzene rings is 2. The number of halogens is 1. The second-order valence-corrected chi connectivity index (χ2v) is 5.20. The van der Waals surface area contributed by atoms with Crippen molar-refractivity contribution in [2.45, 2.75) is 13.5 Å². The Kier molecular flexibility index (Phi) is 6.24. The molecule has 22 heavy (non-hydrogen) atoms. The highest BCUT2D eigenvalue weighted by Crippen LogP contribution is 2.19. The van der Waals surface area contributed by atoms with Crippen LogP contribution < -0.4 is 5.32 Å². The SMILES string of the molecule is CCN1CCN=C1NCc1cccc(-c2ccccc2)c1.I. The van der Waals surface area contributed by atoms with Crippen LogP contribution in [0.1, 0.15) is 12.5 Å². The molecule has 0 atom stereocenters. The number of guanidine groups is 1. The van der Waals surface area contributed by atoms with Gasteiger partial charge in [0.1, 0.15) is 0 Å². The minimum Gasteiger partial charge on any atom is -0.352 e. The lowest BCUT2D eigenvalue weighted by atomic mass is 10.0. The third kappa shape index (κ3) is 4.00. The van der Waals surface area contributed by atoms with E-state index in [0.717, 1.165) is 32.1 Å². The number of rotatable bonds is 4. The van der Waals surface area contributed by atoms with Crippen LogP contribution in [0.3, 0.4) is 0 Å². The Morgan fingerprint density at radius 2 is 1.82 bits per heavy atom. The lowest BCUT2D eigenvalue weighted by Gasteiger charge is -2.19. The van der Waals surface area contributed by atoms with Gasteiger partial charge in [0.2, 0.25) is 0 Å². The van der Waals surface area contributed by atoms with E-state index in [4.69, 9.17) is 0 Å². The topological polar surface area (TPSA) is 27.6 Å². The maximum absolute atomic E-state index is 4.52. The Labute approximate surface area is 149 Å². The van der Waals surface area contributed by atoms with E-state index in [9.17, 15) is 0 Å². The monoisotopic (exact) mass is 407 g/mol. The van der Waals surface area contributed by atoms with Crippen molar-refractivity contribution in [3.8, 4) is 11.1 Å². The molecular weight excluding hydrogens is 385 g/mol. The number of nitrogens with one attached hydrogen (secondary N) is 1. The summed E-state index contributed by atoms with van der Waals surface area (Å²) >= 11 is 0. The molecular formula is C18H22IN3. The van der Waals surface area contributed by atoms with E-state index in [1.165, 1.54) is 16.7 Å². The standard InChI is InChI=1S/C18H21N3.HI/c1-2-21-12-11-19-18(21)20-14-15-7-6-10-17(13-15)16-8-4-3-5-9-16;/h3-10,13H,2,11-12,14H2,1H3,(H,19,20);1H. The van der Waals surface area contributed by atoms with Crippen molar-refractivity contribution in [2.75, 3.05) is 19.6 Å². The molecule has 0 saturated heterocycles. The molecule has 2 aromatic carbocycles. The molecule has 0 spiro atoms. The lowest BCUT2D eigenvalue weighted by Crippen LogP contribution is -2.37. The summed E-state index contributed by atoms with van der Waals surface area (Å²) in [5.74, 6) is 1.03. The first-order valence-corrected chi connectivity index (χ1v) is 7.54. The van der Waals surface area contributed by atoms with Crippen molar-refractivity contribution in [1.29, 1.82) is 0 Å². The normalized spacial score (nSPS) is 13.5. The van der Waals surface area contributed by atoms with Gasteiger partial charge in [-0.25, -0.2) is 0 Å². The van der Waals surface area contributed by atoms with Gasteiger partial charge in [-0.3, -0.25) is 4.99 Å². The Balaban J connectivity index is 0.00000176. The van der Waals surface area contributed by atoms with Crippen LogP contribution in [0.2, 0.25) is 0 Å². The fourth-order valence-electron chi connectivity index (χ4n) is 2.63. The predicted octanol–water partition coefficient (Wildman–Crippen LogP) is 3.75. The molecule has 2 aromatic rings. The van der Waals surface area contributed by atoms with Crippen LogP contribution in [-0.4, -0.2) is 30.5 Å². The Morgan fingerprint density at radius 1 is 1.05 bits per heavy atom. The molecule has 0 fully saturated rings. The zero-order valence-corrected chi connectivity index (χ0v) is 15.2. The third-order valence-corrected chi connectivity index (χ3v) is 3.80. The first-order valence-electron chi connectivity index (χ1n) is 7.54. The molecule has 0 unspecified atom stereocenters. The predicted molar refractivity (Wildman–Crippen MR) is 104 cm³/mol. The summed E-state index contributed by atoms with van der Waals surface area (Å²) in [6.07, 6.45) is 0. The van der Waals surface area contributed by atoms with E-state index < -0.39 is 0 Å². The van der Waals surface area contributed by atoms with E-state index in [-0.39, 0.29) is 24.0 Å². The minimum atomic E-state index is 0. The molecule has 116 valence electrons. The van der Waals surface area contributed by atoms with Crippen LogP contribution in [0.5, 0.6) is 0 Å². The zero-order chi connectivity index (χ0) is 14.5. The fourth-order valence-corrected chi connectivity index (χ4v) is 2.63. The number of hydrogen-bond acceptors (Lipinski definition) is 3. The number of hydrogen-bond donors (Lipinski definition) is 1. The van der Waals surface area contributed by atoms with Crippen molar-refractivity contribution < 1.29 is 0 Å². The maximum atomic E-state index is 4.52. The summed E-state index contributed by atoms with van der Waals surface area (Å²) < 4.78 is 0. The van der Waals surface area contributed by atoms with E-state index in [1.54, 1.807) is 0 Å². The van der Waals surface area contributed by atoms with Gasteiger partial charge < -0.3 is 10.2 Å². The highest BCUT2D eigenvalue weighted by atomic mass is 127. The van der Waals surface area contributed by atoms with E-state index in [1.807, 2.05) is 6.07 Å². The summed E-state index contributed by atoms with van der Waals surface area (Å²) in [6.45, 7) is 5.92. The van der Waals surface area contributed by atoms with Gasteiger partial charge in [0.25, 0.3) is 0 Å². The molecule has 3 rings (SSSR count). The number of likely N-dealkylation sites (N-methyl/N-ethyl adjacent to an activating group) is 1. The Morgan fingerprint density at radius 3 is 2.59 bits per heavy atom. The maximum Gasteiger partial charge on any atom is 0.194 e. The molecule has 0 bridgehead atoms. The quantitative estimate of drug-likeness (QED) is 0.782. The van der Waals surface area contributed by atoms with Crippen molar-refractivity contribution in [3.05, 3.63) is 60.2 Å². The average molecular weight is 407 g/mol. The van der Waals surface area contributed by atoms with Gasteiger partial charge in [-0.2, -0.15) is 0 Å². The number of aliphatic imine (C=N–C) groups is 1. The van der Waals surface area contributed by atoms with Crippen molar-refractivity contribution in [3.63, 3.8) is 0 Å². The van der Waals surface area contributed by atoms with Crippen LogP contribution in [0.25, 0.3) is 11.1 Å². The first-order chi connectivity index (χ1) is 10.4. The summed E-state index contributed by atoms with van der Waals surface area (Å²) in [5, 5.41) is 3.45. The van der Waals surface area contributed by atoms with E-state index in [2.05, 4.69) is 70.7 Å². The van der Waals surface area contributed by atoms with Gasteiger partial charge in [-0.05, 0) is 29.7 Å². The summed E-state index contributed by atoms with van der Waals surface area (Å²) in [7, 11) is 0. The van der Waals surface area contributed by atoms with E-state index in [0.29, 0.717) is 0 Å². The fraction of sp³-hybridized carbons (Fsp3) is 0.278. The molecule has 0 aromatic heterocycles. The van der Waals surface area contributed by atoms with Crippen LogP contribution >= 0.6 is 24.0 Å². The summed E-state index contributed by atoms with van der Waals surface area (Å²) in [4.78, 5) is 6.79. The smallest absolute Gasteiger partial charge is 0.194 e. The molecule has 1 aliphatic rings. The molecule has 1 heterocycles. The van der Waals surface area contributed by atoms with Crippen LogP contribution in [0.15, 0.2) is 59.6 Å². The second kappa shape index (κ2) is 8.17. The Hall–Kier alpha value is -1.56. The van der Waals surface area contributed by atoms with Gasteiger partial charge in [0.05, 0.1) is 6.54 Å². The molecule has 0 radical (unpaired) electrons. The van der Waals surface area contributed by atoms with Crippen molar-refractivity contribution in [2.24, 2.45) is 4.99 Å². The largest absolute Gasteiger partial charge is 0.352 e. The molecule has 0 aliphatic carbocycles. The average Bonchev–Trinajstić information content (AvgIpc) is 3.01. The van der Waals surface area contributed by atoms with Crippen molar-refractivity contribution in [1.82, 2.24) is 10.2 Å². The van der Waals surface area contributed by atoms with E-state index >= 15 is 0 Å². The number of nitrogens with zero attached hydrogens (tertiary/aromatic N) is 2. The van der Waals surface area contributed by atoms with Gasteiger partial charge in [-0.15, -0.1) is 24.0 Å². The molecule has 1 aliphatic heterocycles. The summed E-state index contributed by atoms with van der Waals surface area (Å²) in [5.41, 5.74) is 3.80. The molecule has 4 heteroatoms. The Bertz CT molecular complexity index is 625. The minimum absolute atomic E-state index is 0. The first kappa shape index (κ1) is 16.8. The lowest BCUT2D eigenvalue weighted by molar-refractivity contribution is 0.466. The van der Waals surface area contributed by atoms with Gasteiger partial charge in [0, 0.05) is 19.6 Å². The van der Waals surface area contributed by atoms with Gasteiger partial charge in [0.15, 0.2) is 5.96 Å². The molecule has 3 nitrogen and oxygen atoms in total. The molecule has 1 N–H and O–H groups in total. The summed E-state index contributed by atoms with van der Waals surface area (Å²) in [6, 6.07) is 19.2. The second-order valence-electron chi connectivity index (χ2n) is 5.20. The van der Waals surface area contributed by atoms with Gasteiger partial charge >= 0.3 is 0 Å². The molecule has 0 saturated carbocycles. The highest BCUT2D eigenvalue weighted by Gasteiger charge is 2.13. The third-order valence-electron chi connectivity index (χ3n) is 3.80.